The summed E-state index contributed by atoms with van der Waals surface area (Å²) in [5, 5.41) is 3.20. The molecule has 2 saturated heterocycles. The first kappa shape index (κ1) is 23.8. The number of likely N-dealkylation sites (tertiary alicyclic amines) is 1. The largest absolute Gasteiger partial charge is 0.418 e. The molecule has 35 heavy (non-hydrogen) atoms. The standard InChI is InChI=1S/C26H31F3N4O2/c27-26(28,29)23-12-18(8-11-24(23)30)31-17-6-9-22(10-7-17)35-16-25(34)33-15-20-13-21(33)14-32(20)19-4-2-1-3-5-19/h1-5,8,11-12,17,20-22,31H,6-7,9-10,13-16,30H2. The fourth-order valence-electron chi connectivity index (χ4n) is 5.68. The number of fused-ring (bicyclic) bond motifs is 2. The summed E-state index contributed by atoms with van der Waals surface area (Å²) in [6.45, 7) is 1.68. The predicted molar refractivity (Wildman–Crippen MR) is 129 cm³/mol. The van der Waals surface area contributed by atoms with Crippen LogP contribution in [0.3, 0.4) is 0 Å². The van der Waals surface area contributed by atoms with Crippen molar-refractivity contribution in [2.24, 2.45) is 0 Å². The molecule has 1 aliphatic carbocycles. The monoisotopic (exact) mass is 488 g/mol. The number of amides is 1. The zero-order chi connectivity index (χ0) is 24.6. The molecule has 2 heterocycles. The molecule has 2 aliphatic heterocycles. The van der Waals surface area contributed by atoms with Gasteiger partial charge in [0.25, 0.3) is 0 Å². The van der Waals surface area contributed by atoms with Crippen LogP contribution in [0, 0.1) is 0 Å². The van der Waals surface area contributed by atoms with Crippen LogP contribution in [0.2, 0.25) is 0 Å². The Bertz CT molecular complexity index is 1040. The number of hydrogen-bond acceptors (Lipinski definition) is 5. The van der Waals surface area contributed by atoms with Crippen LogP contribution in [0.4, 0.5) is 30.2 Å². The molecular formula is C26H31F3N4O2. The van der Waals surface area contributed by atoms with Crippen molar-refractivity contribution in [1.29, 1.82) is 0 Å². The van der Waals surface area contributed by atoms with E-state index in [4.69, 9.17) is 10.5 Å². The Hall–Kier alpha value is -2.94. The Morgan fingerprint density at radius 2 is 1.77 bits per heavy atom. The van der Waals surface area contributed by atoms with Crippen molar-refractivity contribution in [2.75, 3.05) is 35.6 Å². The minimum absolute atomic E-state index is 0.00485. The molecule has 2 atom stereocenters. The molecule has 6 nitrogen and oxygen atoms in total. The Morgan fingerprint density at radius 3 is 2.43 bits per heavy atom. The van der Waals surface area contributed by atoms with Crippen LogP contribution in [0.25, 0.3) is 0 Å². The summed E-state index contributed by atoms with van der Waals surface area (Å²) in [7, 11) is 0. The molecule has 1 amide bonds. The molecule has 188 valence electrons. The van der Waals surface area contributed by atoms with E-state index in [2.05, 4.69) is 22.3 Å². The molecule has 0 radical (unpaired) electrons. The van der Waals surface area contributed by atoms with E-state index in [1.807, 2.05) is 23.1 Å². The molecule has 2 aromatic rings. The van der Waals surface area contributed by atoms with Crippen molar-refractivity contribution in [1.82, 2.24) is 4.90 Å². The van der Waals surface area contributed by atoms with Gasteiger partial charge in [0, 0.05) is 42.2 Å². The van der Waals surface area contributed by atoms with E-state index < -0.39 is 11.7 Å². The minimum Gasteiger partial charge on any atom is -0.398 e. The Morgan fingerprint density at radius 1 is 1.03 bits per heavy atom. The molecule has 9 heteroatoms. The van der Waals surface area contributed by atoms with E-state index in [0.29, 0.717) is 11.7 Å². The fourth-order valence-corrected chi connectivity index (χ4v) is 5.68. The van der Waals surface area contributed by atoms with Gasteiger partial charge in [-0.2, -0.15) is 13.2 Å². The quantitative estimate of drug-likeness (QED) is 0.586. The number of nitrogen functional groups attached to an aromatic ring is 1. The predicted octanol–water partition coefficient (Wildman–Crippen LogP) is 4.52. The number of alkyl halides is 3. The number of benzene rings is 2. The third-order valence-corrected chi connectivity index (χ3v) is 7.49. The summed E-state index contributed by atoms with van der Waals surface area (Å²) in [5.74, 6) is 0.0482. The summed E-state index contributed by atoms with van der Waals surface area (Å²) in [6, 6.07) is 14.9. The lowest BCUT2D eigenvalue weighted by atomic mass is 9.92. The Labute approximate surface area is 203 Å². The minimum atomic E-state index is -4.48. The molecule has 5 rings (SSSR count). The maximum Gasteiger partial charge on any atom is 0.418 e. The number of nitrogens with zero attached hydrogens (tertiary/aromatic N) is 2. The number of anilines is 3. The summed E-state index contributed by atoms with van der Waals surface area (Å²) in [4.78, 5) is 17.2. The molecular weight excluding hydrogens is 457 g/mol. The number of carbonyl (C=O) groups is 1. The highest BCUT2D eigenvalue weighted by Gasteiger charge is 2.45. The fraction of sp³-hybridized carbons (Fsp3) is 0.500. The van der Waals surface area contributed by atoms with Gasteiger partial charge in [-0.25, -0.2) is 0 Å². The van der Waals surface area contributed by atoms with E-state index in [1.54, 1.807) is 6.07 Å². The second kappa shape index (κ2) is 9.60. The highest BCUT2D eigenvalue weighted by molar-refractivity contribution is 5.79. The van der Waals surface area contributed by atoms with Crippen LogP contribution >= 0.6 is 0 Å². The summed E-state index contributed by atoms with van der Waals surface area (Å²) in [5.41, 5.74) is 6.02. The van der Waals surface area contributed by atoms with Gasteiger partial charge in [-0.15, -0.1) is 0 Å². The van der Waals surface area contributed by atoms with Crippen LogP contribution in [0.1, 0.15) is 37.7 Å². The van der Waals surface area contributed by atoms with Crippen LogP contribution < -0.4 is 16.0 Å². The highest BCUT2D eigenvalue weighted by Crippen LogP contribution is 2.36. The Kier molecular flexibility index (Phi) is 6.53. The normalized spacial score (nSPS) is 26.3. The smallest absolute Gasteiger partial charge is 0.398 e. The van der Waals surface area contributed by atoms with Crippen molar-refractivity contribution >= 4 is 23.0 Å². The SMILES string of the molecule is Nc1ccc(NC2CCC(OCC(=O)N3CC4CC3CN4c3ccccc3)CC2)cc1C(F)(F)F. The number of hydrogen-bond donors (Lipinski definition) is 2. The molecule has 0 spiro atoms. The molecule has 0 aromatic heterocycles. The molecule has 3 fully saturated rings. The Balaban J connectivity index is 1.06. The maximum absolute atomic E-state index is 13.1. The van der Waals surface area contributed by atoms with Crippen LogP contribution in [0.15, 0.2) is 48.5 Å². The van der Waals surface area contributed by atoms with Gasteiger partial charge in [0.05, 0.1) is 17.7 Å². The van der Waals surface area contributed by atoms with Crippen LogP contribution in [-0.2, 0) is 15.7 Å². The van der Waals surface area contributed by atoms with Gasteiger partial charge in [0.1, 0.15) is 6.61 Å². The highest BCUT2D eigenvalue weighted by atomic mass is 19.4. The van der Waals surface area contributed by atoms with Gasteiger partial charge in [-0.3, -0.25) is 4.79 Å². The van der Waals surface area contributed by atoms with E-state index in [1.165, 1.54) is 11.8 Å². The summed E-state index contributed by atoms with van der Waals surface area (Å²) in [6.07, 6.45) is -0.419. The zero-order valence-corrected chi connectivity index (χ0v) is 19.5. The third-order valence-electron chi connectivity index (χ3n) is 7.49. The van der Waals surface area contributed by atoms with E-state index in [-0.39, 0.29) is 36.4 Å². The van der Waals surface area contributed by atoms with E-state index in [9.17, 15) is 18.0 Å². The first-order chi connectivity index (χ1) is 16.8. The first-order valence-corrected chi connectivity index (χ1v) is 12.2. The zero-order valence-electron chi connectivity index (χ0n) is 19.5. The average Bonchev–Trinajstić information content (AvgIpc) is 3.46. The number of piperazine rings is 1. The van der Waals surface area contributed by atoms with Gasteiger partial charge in [0.15, 0.2) is 0 Å². The number of nitrogens with two attached hydrogens (primary N) is 1. The lowest BCUT2D eigenvalue weighted by Gasteiger charge is -2.36. The lowest BCUT2D eigenvalue weighted by Crippen LogP contribution is -2.50. The van der Waals surface area contributed by atoms with Crippen molar-refractivity contribution in [2.45, 2.75) is 62.5 Å². The number of nitrogens with one attached hydrogen (secondary N) is 1. The number of ether oxygens (including phenoxy) is 1. The number of para-hydroxylation sites is 1. The second-order valence-corrected chi connectivity index (χ2v) is 9.81. The van der Waals surface area contributed by atoms with Crippen molar-refractivity contribution in [3.63, 3.8) is 0 Å². The van der Waals surface area contributed by atoms with Gasteiger partial charge in [-0.1, -0.05) is 18.2 Å². The summed E-state index contributed by atoms with van der Waals surface area (Å²) < 4.78 is 45.3. The number of rotatable bonds is 6. The molecule has 2 aromatic carbocycles. The maximum atomic E-state index is 13.1. The van der Waals surface area contributed by atoms with Crippen LogP contribution in [0.5, 0.6) is 0 Å². The second-order valence-electron chi connectivity index (χ2n) is 9.81. The van der Waals surface area contributed by atoms with Crippen molar-refractivity contribution < 1.29 is 22.7 Å². The van der Waals surface area contributed by atoms with E-state index >= 15 is 0 Å². The summed E-state index contributed by atoms with van der Waals surface area (Å²) >= 11 is 0. The van der Waals surface area contributed by atoms with Gasteiger partial charge < -0.3 is 25.6 Å². The van der Waals surface area contributed by atoms with Gasteiger partial charge in [-0.05, 0) is 62.4 Å². The molecule has 1 saturated carbocycles. The molecule has 3 aliphatic rings. The first-order valence-electron chi connectivity index (χ1n) is 12.2. The van der Waals surface area contributed by atoms with Crippen molar-refractivity contribution in [3.8, 4) is 0 Å². The van der Waals surface area contributed by atoms with Gasteiger partial charge >= 0.3 is 6.18 Å². The number of carbonyl (C=O) groups excluding carboxylic acids is 1. The van der Waals surface area contributed by atoms with Crippen molar-refractivity contribution in [3.05, 3.63) is 54.1 Å². The average molecular weight is 489 g/mol. The molecule has 3 N–H and O–H groups in total. The molecule has 2 unspecified atom stereocenters. The van der Waals surface area contributed by atoms with Gasteiger partial charge in [0.2, 0.25) is 5.91 Å². The lowest BCUT2D eigenvalue weighted by molar-refractivity contribution is -0.140. The van der Waals surface area contributed by atoms with Crippen LogP contribution in [-0.4, -0.2) is 54.7 Å². The third kappa shape index (κ3) is 5.19. The number of halogens is 3. The van der Waals surface area contributed by atoms with E-state index in [0.717, 1.165) is 51.3 Å². The molecule has 2 bridgehead atoms. The topological polar surface area (TPSA) is 70.8 Å².